The Morgan fingerprint density at radius 1 is 1.71 bits per heavy atom. The normalized spacial score (nSPS) is 12.4. The average molecular weight is 273 g/mol. The van der Waals surface area contributed by atoms with Gasteiger partial charge in [0.2, 0.25) is 0 Å². The Bertz CT molecular complexity index is 354. The molecule has 0 radical (unpaired) electrons. The Kier molecular flexibility index (Phi) is 6.54. The first-order valence-corrected chi connectivity index (χ1v) is 7.73. The zero-order valence-corrected chi connectivity index (χ0v) is 11.9. The molecule has 0 aliphatic heterocycles. The first-order valence-electron chi connectivity index (χ1n) is 5.70. The number of nitrogens with zero attached hydrogens (tertiary/aromatic N) is 1. The van der Waals surface area contributed by atoms with Gasteiger partial charge in [-0.3, -0.25) is 4.79 Å². The fraction of sp³-hybridized carbons (Fsp3) is 0.636. The number of rotatable bonds is 7. The fourth-order valence-corrected chi connectivity index (χ4v) is 2.75. The van der Waals surface area contributed by atoms with Crippen LogP contribution in [0, 0.1) is 0 Å². The van der Waals surface area contributed by atoms with Gasteiger partial charge in [0, 0.05) is 18.0 Å². The Morgan fingerprint density at radius 3 is 3.06 bits per heavy atom. The second-order valence-electron chi connectivity index (χ2n) is 3.69. The maximum absolute atomic E-state index is 11.8. The number of hydrogen-bond donors (Lipinski definition) is 2. The molecular formula is C11H19N3OS2. The maximum Gasteiger partial charge on any atom is 0.270 e. The molecule has 0 aromatic carbocycles. The Hall–Kier alpha value is -0.590. The second-order valence-corrected chi connectivity index (χ2v) is 6.03. The molecule has 0 bridgehead atoms. The van der Waals surface area contributed by atoms with E-state index in [4.69, 9.17) is 5.73 Å². The highest BCUT2D eigenvalue weighted by Crippen LogP contribution is 2.09. The van der Waals surface area contributed by atoms with Gasteiger partial charge in [-0.15, -0.1) is 11.3 Å². The molecule has 4 nitrogen and oxygen atoms in total. The van der Waals surface area contributed by atoms with Crippen LogP contribution >= 0.6 is 23.1 Å². The molecule has 1 heterocycles. The summed E-state index contributed by atoms with van der Waals surface area (Å²) in [5, 5.41) is 5.49. The third-order valence-corrected chi connectivity index (χ3v) is 4.04. The number of hydrogen-bond acceptors (Lipinski definition) is 5. The lowest BCUT2D eigenvalue weighted by atomic mass is 10.2. The zero-order chi connectivity index (χ0) is 12.7. The molecule has 6 heteroatoms. The standard InChI is InChI=1S/C11H19N3OS2/c1-3-16-5-4-8(2)13-11(15)9-7-17-10(6-12)14-9/h7-8H,3-6,12H2,1-2H3,(H,13,15). The van der Waals surface area contributed by atoms with Crippen molar-refractivity contribution in [3.8, 4) is 0 Å². The fourth-order valence-electron chi connectivity index (χ4n) is 1.28. The molecule has 0 saturated carbocycles. The summed E-state index contributed by atoms with van der Waals surface area (Å²) in [4.78, 5) is 16.0. The van der Waals surface area contributed by atoms with E-state index in [0.717, 1.165) is 22.9 Å². The van der Waals surface area contributed by atoms with Crippen LogP contribution in [0.3, 0.4) is 0 Å². The molecule has 0 saturated heterocycles. The van der Waals surface area contributed by atoms with Crippen molar-refractivity contribution in [2.24, 2.45) is 5.73 Å². The van der Waals surface area contributed by atoms with Crippen LogP contribution < -0.4 is 11.1 Å². The molecule has 0 fully saturated rings. The highest BCUT2D eigenvalue weighted by atomic mass is 32.2. The molecule has 1 unspecified atom stereocenters. The van der Waals surface area contributed by atoms with E-state index in [1.807, 2.05) is 18.7 Å². The van der Waals surface area contributed by atoms with Crippen LogP contribution in [0.25, 0.3) is 0 Å². The molecule has 1 amide bonds. The molecule has 0 aliphatic rings. The summed E-state index contributed by atoms with van der Waals surface area (Å²) >= 11 is 3.31. The van der Waals surface area contributed by atoms with Crippen molar-refractivity contribution in [1.82, 2.24) is 10.3 Å². The maximum atomic E-state index is 11.8. The molecule has 1 aromatic heterocycles. The van der Waals surface area contributed by atoms with Gasteiger partial charge in [-0.1, -0.05) is 6.92 Å². The van der Waals surface area contributed by atoms with Crippen LogP contribution in [-0.4, -0.2) is 28.4 Å². The number of carbonyl (C=O) groups is 1. The van der Waals surface area contributed by atoms with E-state index in [9.17, 15) is 4.79 Å². The van der Waals surface area contributed by atoms with E-state index >= 15 is 0 Å². The van der Waals surface area contributed by atoms with Gasteiger partial charge in [-0.25, -0.2) is 4.98 Å². The van der Waals surface area contributed by atoms with Gasteiger partial charge >= 0.3 is 0 Å². The van der Waals surface area contributed by atoms with Crippen molar-refractivity contribution < 1.29 is 4.79 Å². The molecule has 96 valence electrons. The van der Waals surface area contributed by atoms with Gasteiger partial charge < -0.3 is 11.1 Å². The van der Waals surface area contributed by atoms with Crippen molar-refractivity contribution in [1.29, 1.82) is 0 Å². The molecule has 1 aromatic rings. The zero-order valence-electron chi connectivity index (χ0n) is 10.2. The predicted octanol–water partition coefficient (Wildman–Crippen LogP) is 1.86. The van der Waals surface area contributed by atoms with Gasteiger partial charge in [-0.2, -0.15) is 11.8 Å². The van der Waals surface area contributed by atoms with E-state index in [0.29, 0.717) is 12.2 Å². The molecule has 0 aliphatic carbocycles. The summed E-state index contributed by atoms with van der Waals surface area (Å²) in [6.07, 6.45) is 0.984. The molecule has 17 heavy (non-hydrogen) atoms. The molecule has 1 atom stereocenters. The quantitative estimate of drug-likeness (QED) is 0.744. The van der Waals surface area contributed by atoms with Gasteiger partial charge in [0.25, 0.3) is 5.91 Å². The van der Waals surface area contributed by atoms with Crippen LogP contribution in [0.5, 0.6) is 0 Å². The first-order chi connectivity index (χ1) is 8.17. The number of aromatic nitrogens is 1. The lowest BCUT2D eigenvalue weighted by Gasteiger charge is -2.12. The van der Waals surface area contributed by atoms with E-state index in [1.165, 1.54) is 11.3 Å². The number of nitrogens with two attached hydrogens (primary N) is 1. The Balaban J connectivity index is 2.37. The minimum Gasteiger partial charge on any atom is -0.348 e. The van der Waals surface area contributed by atoms with Crippen molar-refractivity contribution in [2.75, 3.05) is 11.5 Å². The summed E-state index contributed by atoms with van der Waals surface area (Å²) in [6, 6.07) is 0.185. The summed E-state index contributed by atoms with van der Waals surface area (Å²) in [5.41, 5.74) is 5.94. The molecule has 3 N–H and O–H groups in total. The minimum absolute atomic E-state index is 0.102. The number of nitrogens with one attached hydrogen (secondary N) is 1. The number of thioether (sulfide) groups is 1. The van der Waals surface area contributed by atoms with Crippen LogP contribution in [-0.2, 0) is 6.54 Å². The van der Waals surface area contributed by atoms with Crippen molar-refractivity contribution in [3.05, 3.63) is 16.1 Å². The van der Waals surface area contributed by atoms with Crippen LogP contribution in [0.1, 0.15) is 35.8 Å². The predicted molar refractivity (Wildman–Crippen MR) is 74.5 cm³/mol. The van der Waals surface area contributed by atoms with Crippen LogP contribution in [0.15, 0.2) is 5.38 Å². The second kappa shape index (κ2) is 7.68. The number of amides is 1. The smallest absolute Gasteiger partial charge is 0.270 e. The Morgan fingerprint density at radius 2 is 2.47 bits per heavy atom. The van der Waals surface area contributed by atoms with Gasteiger partial charge in [0.05, 0.1) is 0 Å². The highest BCUT2D eigenvalue weighted by molar-refractivity contribution is 7.99. The van der Waals surface area contributed by atoms with E-state index in [-0.39, 0.29) is 11.9 Å². The molecular weight excluding hydrogens is 254 g/mol. The summed E-state index contributed by atoms with van der Waals surface area (Å²) in [6.45, 7) is 4.54. The lowest BCUT2D eigenvalue weighted by molar-refractivity contribution is 0.0935. The van der Waals surface area contributed by atoms with Crippen LogP contribution in [0.4, 0.5) is 0 Å². The van der Waals surface area contributed by atoms with Crippen molar-refractivity contribution in [2.45, 2.75) is 32.9 Å². The summed E-state index contributed by atoms with van der Waals surface area (Å²) in [7, 11) is 0. The summed E-state index contributed by atoms with van der Waals surface area (Å²) in [5.74, 6) is 2.09. The molecule has 0 spiro atoms. The van der Waals surface area contributed by atoms with Crippen molar-refractivity contribution >= 4 is 29.0 Å². The number of thiazole rings is 1. The van der Waals surface area contributed by atoms with Gasteiger partial charge in [0.1, 0.15) is 10.7 Å². The third-order valence-electron chi connectivity index (χ3n) is 2.24. The van der Waals surface area contributed by atoms with Crippen molar-refractivity contribution in [3.63, 3.8) is 0 Å². The van der Waals surface area contributed by atoms with E-state index in [2.05, 4.69) is 17.2 Å². The molecule has 1 rings (SSSR count). The topological polar surface area (TPSA) is 68.0 Å². The summed E-state index contributed by atoms with van der Waals surface area (Å²) < 4.78 is 0. The monoisotopic (exact) mass is 273 g/mol. The van der Waals surface area contributed by atoms with Gasteiger partial charge in [-0.05, 0) is 24.9 Å². The lowest BCUT2D eigenvalue weighted by Crippen LogP contribution is -2.33. The Labute approximate surface area is 110 Å². The SMILES string of the molecule is CCSCCC(C)NC(=O)c1csc(CN)n1. The largest absolute Gasteiger partial charge is 0.348 e. The van der Waals surface area contributed by atoms with E-state index < -0.39 is 0 Å². The van der Waals surface area contributed by atoms with E-state index in [1.54, 1.807) is 5.38 Å². The average Bonchev–Trinajstić information content (AvgIpc) is 2.78. The highest BCUT2D eigenvalue weighted by Gasteiger charge is 2.12. The van der Waals surface area contributed by atoms with Crippen LogP contribution in [0.2, 0.25) is 0 Å². The minimum atomic E-state index is -0.102. The third kappa shape index (κ3) is 5.06. The first kappa shape index (κ1) is 14.5. The van der Waals surface area contributed by atoms with Gasteiger partial charge in [0.15, 0.2) is 0 Å². The number of carbonyl (C=O) groups excluding carboxylic acids is 1.